The summed E-state index contributed by atoms with van der Waals surface area (Å²) in [5.74, 6) is 0.275. The first kappa shape index (κ1) is 19.0. The van der Waals surface area contributed by atoms with Crippen molar-refractivity contribution in [2.75, 3.05) is 7.11 Å². The number of nitrogens with zero attached hydrogens (tertiary/aromatic N) is 3. The monoisotopic (exact) mass is 435 g/mol. The molecule has 0 aliphatic rings. The molecule has 0 radical (unpaired) electrons. The van der Waals surface area contributed by atoms with Gasteiger partial charge in [0.1, 0.15) is 5.82 Å². The van der Waals surface area contributed by atoms with Crippen LogP contribution < -0.4 is 5.69 Å². The molecule has 0 spiro atoms. The fraction of sp³-hybridized carbons (Fsp3) is 0.0400. The van der Waals surface area contributed by atoms with E-state index in [1.807, 2.05) is 59.2 Å². The van der Waals surface area contributed by atoms with E-state index in [1.54, 1.807) is 18.3 Å². The number of methoxy groups -OCH3 is 1. The molecule has 0 fully saturated rings. The van der Waals surface area contributed by atoms with Gasteiger partial charge < -0.3 is 14.7 Å². The number of carbonyl (C=O) groups is 1. The number of hydrogen-bond donors (Lipinski definition) is 2. The van der Waals surface area contributed by atoms with Gasteiger partial charge in [-0.3, -0.25) is 9.55 Å². The summed E-state index contributed by atoms with van der Waals surface area (Å²) in [5.41, 5.74) is 5.61. The summed E-state index contributed by atoms with van der Waals surface area (Å²) in [7, 11) is 1.35. The van der Waals surface area contributed by atoms with E-state index in [4.69, 9.17) is 9.72 Å². The minimum atomic E-state index is -0.423. The van der Waals surface area contributed by atoms with Crippen molar-refractivity contribution in [3.05, 3.63) is 89.0 Å². The van der Waals surface area contributed by atoms with Crippen LogP contribution in [0.5, 0.6) is 0 Å². The van der Waals surface area contributed by atoms with Crippen molar-refractivity contribution in [1.82, 2.24) is 24.5 Å². The Bertz CT molecular complexity index is 1750. The molecule has 6 rings (SSSR count). The Labute approximate surface area is 186 Å². The second kappa shape index (κ2) is 7.16. The topological polar surface area (TPSA) is 106 Å². The van der Waals surface area contributed by atoms with E-state index in [2.05, 4.69) is 15.0 Å². The molecule has 6 aromatic rings. The predicted molar refractivity (Wildman–Crippen MR) is 126 cm³/mol. The molecule has 0 aliphatic heterocycles. The molecule has 0 unspecified atom stereocenters. The highest BCUT2D eigenvalue weighted by atomic mass is 16.5. The van der Waals surface area contributed by atoms with Crippen molar-refractivity contribution >= 4 is 38.9 Å². The molecule has 0 atom stereocenters. The maximum Gasteiger partial charge on any atom is 0.337 e. The molecule has 33 heavy (non-hydrogen) atoms. The second-order valence-corrected chi connectivity index (χ2v) is 7.65. The van der Waals surface area contributed by atoms with Crippen molar-refractivity contribution in [3.8, 4) is 17.1 Å². The SMILES string of the molecule is COC(=O)c1ccc2c(c1)nc(-c1ccnc3ccccc13)n2-c1ccc2[nH]c(=O)[nH]c2c1. The van der Waals surface area contributed by atoms with E-state index in [0.29, 0.717) is 22.4 Å². The summed E-state index contributed by atoms with van der Waals surface area (Å²) < 4.78 is 6.90. The molecule has 3 aromatic carbocycles. The van der Waals surface area contributed by atoms with Crippen LogP contribution in [0.4, 0.5) is 0 Å². The third kappa shape index (κ3) is 3.00. The Morgan fingerprint density at radius 2 is 1.79 bits per heavy atom. The van der Waals surface area contributed by atoms with Crippen molar-refractivity contribution in [2.24, 2.45) is 0 Å². The highest BCUT2D eigenvalue weighted by Gasteiger charge is 2.19. The Morgan fingerprint density at radius 1 is 0.939 bits per heavy atom. The fourth-order valence-electron chi connectivity index (χ4n) is 4.22. The van der Waals surface area contributed by atoms with Crippen molar-refractivity contribution < 1.29 is 9.53 Å². The molecular formula is C25H17N5O3. The summed E-state index contributed by atoms with van der Waals surface area (Å²) in [5, 5.41) is 0.959. The van der Waals surface area contributed by atoms with E-state index < -0.39 is 5.97 Å². The van der Waals surface area contributed by atoms with Gasteiger partial charge in [0.05, 0.1) is 40.3 Å². The summed E-state index contributed by atoms with van der Waals surface area (Å²) >= 11 is 0. The molecule has 8 nitrogen and oxygen atoms in total. The molecule has 160 valence electrons. The van der Waals surface area contributed by atoms with Gasteiger partial charge in [0.2, 0.25) is 0 Å². The molecule has 3 aromatic heterocycles. The highest BCUT2D eigenvalue weighted by Crippen LogP contribution is 2.33. The molecule has 0 saturated heterocycles. The molecule has 0 aliphatic carbocycles. The van der Waals surface area contributed by atoms with E-state index in [-0.39, 0.29) is 5.69 Å². The Morgan fingerprint density at radius 3 is 2.67 bits per heavy atom. The third-order valence-electron chi connectivity index (χ3n) is 5.72. The maximum absolute atomic E-state index is 12.1. The van der Waals surface area contributed by atoms with Gasteiger partial charge in [-0.1, -0.05) is 18.2 Å². The number of fused-ring (bicyclic) bond motifs is 3. The zero-order valence-electron chi connectivity index (χ0n) is 17.5. The molecule has 8 heteroatoms. The summed E-state index contributed by atoms with van der Waals surface area (Å²) in [6, 6.07) is 20.8. The molecular weight excluding hydrogens is 418 g/mol. The number of hydrogen-bond acceptors (Lipinski definition) is 5. The second-order valence-electron chi connectivity index (χ2n) is 7.65. The number of imidazole rings is 2. The number of nitrogens with one attached hydrogen (secondary N) is 2. The average Bonchev–Trinajstić information content (AvgIpc) is 3.41. The highest BCUT2D eigenvalue weighted by molar-refractivity contribution is 5.98. The Kier molecular flexibility index (Phi) is 4.13. The van der Waals surface area contributed by atoms with Crippen LogP contribution in [-0.2, 0) is 4.74 Å². The molecule has 0 saturated carbocycles. The van der Waals surface area contributed by atoms with E-state index >= 15 is 0 Å². The van der Waals surface area contributed by atoms with Crippen LogP contribution in [0.25, 0.3) is 50.0 Å². The van der Waals surface area contributed by atoms with Crippen molar-refractivity contribution in [2.45, 2.75) is 0 Å². The molecule has 3 heterocycles. The number of carbonyl (C=O) groups excluding carboxylic acids is 1. The van der Waals surface area contributed by atoms with Gasteiger partial charge in [-0.05, 0) is 48.5 Å². The number of ether oxygens (including phenoxy) is 1. The molecule has 0 bridgehead atoms. The smallest absolute Gasteiger partial charge is 0.337 e. The van der Waals surface area contributed by atoms with Gasteiger partial charge in [0.15, 0.2) is 0 Å². The Balaban J connectivity index is 1.69. The zero-order chi connectivity index (χ0) is 22.5. The average molecular weight is 435 g/mol. The van der Waals surface area contributed by atoms with Gasteiger partial charge in [-0.2, -0.15) is 0 Å². The van der Waals surface area contributed by atoms with Crippen molar-refractivity contribution in [1.29, 1.82) is 0 Å². The minimum absolute atomic E-state index is 0.263. The van der Waals surface area contributed by atoms with Crippen LogP contribution >= 0.6 is 0 Å². The predicted octanol–water partition coefficient (Wildman–Crippen LogP) is 4.20. The summed E-state index contributed by atoms with van der Waals surface area (Å²) in [6.45, 7) is 0. The maximum atomic E-state index is 12.1. The first-order valence-corrected chi connectivity index (χ1v) is 10.3. The summed E-state index contributed by atoms with van der Waals surface area (Å²) in [6.07, 6.45) is 1.76. The third-order valence-corrected chi connectivity index (χ3v) is 5.72. The number of esters is 1. The minimum Gasteiger partial charge on any atom is -0.465 e. The lowest BCUT2D eigenvalue weighted by atomic mass is 10.1. The van der Waals surface area contributed by atoms with Crippen LogP contribution in [-0.4, -0.2) is 37.6 Å². The van der Waals surface area contributed by atoms with Gasteiger partial charge >= 0.3 is 11.7 Å². The normalized spacial score (nSPS) is 11.4. The quantitative estimate of drug-likeness (QED) is 0.406. The zero-order valence-corrected chi connectivity index (χ0v) is 17.5. The van der Waals surface area contributed by atoms with Gasteiger partial charge in [-0.25, -0.2) is 14.6 Å². The van der Waals surface area contributed by atoms with Crippen LogP contribution in [0, 0.1) is 0 Å². The van der Waals surface area contributed by atoms with Gasteiger partial charge in [0.25, 0.3) is 0 Å². The number of pyridine rings is 1. The van der Waals surface area contributed by atoms with E-state index in [1.165, 1.54) is 7.11 Å². The standard InChI is InChI=1S/C25H17N5O3/c1-33-24(31)14-6-9-22-21(12-14)27-23(17-10-11-26-18-5-3-2-4-16(17)18)30(22)15-7-8-19-20(13-15)29-25(32)28-19/h2-13H,1H3,(H2,28,29,32). The van der Waals surface area contributed by atoms with Crippen LogP contribution in [0.3, 0.4) is 0 Å². The molecule has 0 amide bonds. The number of benzene rings is 3. The largest absolute Gasteiger partial charge is 0.465 e. The van der Waals surface area contributed by atoms with Gasteiger partial charge in [-0.15, -0.1) is 0 Å². The van der Waals surface area contributed by atoms with E-state index in [0.717, 1.165) is 33.2 Å². The van der Waals surface area contributed by atoms with Crippen LogP contribution in [0.2, 0.25) is 0 Å². The van der Waals surface area contributed by atoms with Crippen molar-refractivity contribution in [3.63, 3.8) is 0 Å². The number of aromatic nitrogens is 5. The summed E-state index contributed by atoms with van der Waals surface area (Å²) in [4.78, 5) is 38.9. The number of aromatic amines is 2. The molecule has 2 N–H and O–H groups in total. The number of para-hydroxylation sites is 1. The van der Waals surface area contributed by atoms with Crippen LogP contribution in [0.15, 0.2) is 77.7 Å². The number of H-pyrrole nitrogens is 2. The lowest BCUT2D eigenvalue weighted by Gasteiger charge is -2.11. The van der Waals surface area contributed by atoms with E-state index in [9.17, 15) is 9.59 Å². The first-order valence-electron chi connectivity index (χ1n) is 10.3. The Hall–Kier alpha value is -4.72. The van der Waals surface area contributed by atoms with Gasteiger partial charge in [0, 0.05) is 22.8 Å². The first-order chi connectivity index (χ1) is 16.1. The fourth-order valence-corrected chi connectivity index (χ4v) is 4.22. The van der Waals surface area contributed by atoms with Crippen LogP contribution in [0.1, 0.15) is 10.4 Å². The lowest BCUT2D eigenvalue weighted by Crippen LogP contribution is -2.01. The lowest BCUT2D eigenvalue weighted by molar-refractivity contribution is 0.0601. The number of rotatable bonds is 3.